The highest BCUT2D eigenvalue weighted by Gasteiger charge is 2.25. The Morgan fingerprint density at radius 2 is 2.08 bits per heavy atom. The Bertz CT molecular complexity index is 1540. The minimum Gasteiger partial charge on any atom is -0.480 e. The fourth-order valence-electron chi connectivity index (χ4n) is 4.45. The molecule has 37 heavy (non-hydrogen) atoms. The molecule has 6 rings (SSSR count). The lowest BCUT2D eigenvalue weighted by Crippen LogP contribution is -2.46. The summed E-state index contributed by atoms with van der Waals surface area (Å²) in [5.41, 5.74) is 5.40. The first-order valence-electron chi connectivity index (χ1n) is 12.0. The first kappa shape index (κ1) is 23.3. The van der Waals surface area contributed by atoms with E-state index in [9.17, 15) is 4.79 Å². The number of carbonyl (C=O) groups excluding carboxylic acids is 1. The maximum Gasteiger partial charge on any atom is 0.263 e. The molecule has 1 fully saturated rings. The highest BCUT2D eigenvalue weighted by Crippen LogP contribution is 2.33. The van der Waals surface area contributed by atoms with Crippen molar-refractivity contribution in [3.05, 3.63) is 65.5 Å². The molecule has 0 spiro atoms. The van der Waals surface area contributed by atoms with Gasteiger partial charge in [-0.3, -0.25) is 9.48 Å². The molecule has 11 heteroatoms. The predicted molar refractivity (Wildman–Crippen MR) is 141 cm³/mol. The lowest BCUT2D eigenvalue weighted by atomic mass is 10.2. The van der Waals surface area contributed by atoms with Crippen LogP contribution in [0.2, 0.25) is 0 Å². The van der Waals surface area contributed by atoms with E-state index in [1.165, 1.54) is 6.33 Å². The molecule has 10 nitrogen and oxygen atoms in total. The smallest absolute Gasteiger partial charge is 0.263 e. The Morgan fingerprint density at radius 3 is 2.92 bits per heavy atom. The Labute approximate surface area is 216 Å². The van der Waals surface area contributed by atoms with Crippen molar-refractivity contribution >= 4 is 50.6 Å². The van der Waals surface area contributed by atoms with Gasteiger partial charge in [0.05, 0.1) is 53.6 Å². The molecule has 1 amide bonds. The molecular weight excluding hydrogens is 490 g/mol. The summed E-state index contributed by atoms with van der Waals surface area (Å²) >= 11 is 1.57. The number of hydrogen-bond donors (Lipinski definition) is 1. The minimum absolute atomic E-state index is 0.0632. The number of amides is 1. The number of benzene rings is 2. The van der Waals surface area contributed by atoms with Gasteiger partial charge in [0.25, 0.3) is 5.91 Å². The van der Waals surface area contributed by atoms with Gasteiger partial charge in [0.2, 0.25) is 0 Å². The van der Waals surface area contributed by atoms with Crippen LogP contribution in [0.25, 0.3) is 21.8 Å². The Kier molecular flexibility index (Phi) is 6.37. The van der Waals surface area contributed by atoms with Crippen LogP contribution in [-0.2, 0) is 16.1 Å². The normalized spacial score (nSPS) is 14.7. The van der Waals surface area contributed by atoms with Crippen LogP contribution in [0.5, 0.6) is 5.75 Å². The SMILES string of the molecule is C[C@H](Oc1cccc2ncnc(Nc3ccc4c(cnn4Cc4cscn4)c3)c12)C(=O)N1CCOCC1. The highest BCUT2D eigenvalue weighted by molar-refractivity contribution is 7.07. The number of aromatic nitrogens is 5. The van der Waals surface area contributed by atoms with Gasteiger partial charge < -0.3 is 19.7 Å². The number of fused-ring (bicyclic) bond motifs is 2. The number of hydrogen-bond acceptors (Lipinski definition) is 9. The number of nitrogens with zero attached hydrogens (tertiary/aromatic N) is 6. The molecule has 1 aliphatic rings. The van der Waals surface area contributed by atoms with E-state index in [1.807, 2.05) is 58.2 Å². The number of ether oxygens (including phenoxy) is 2. The van der Waals surface area contributed by atoms with Crippen LogP contribution in [0.4, 0.5) is 11.5 Å². The third kappa shape index (κ3) is 4.83. The molecule has 0 unspecified atom stereocenters. The molecule has 0 radical (unpaired) electrons. The van der Waals surface area contributed by atoms with E-state index in [1.54, 1.807) is 23.2 Å². The third-order valence-corrected chi connectivity index (χ3v) is 6.93. The molecular formula is C26H25N7O3S. The summed E-state index contributed by atoms with van der Waals surface area (Å²) in [6.07, 6.45) is 2.70. The highest BCUT2D eigenvalue weighted by atomic mass is 32.1. The number of rotatable bonds is 7. The molecule has 4 heterocycles. The van der Waals surface area contributed by atoms with Crippen LogP contribution in [0.15, 0.2) is 59.8 Å². The van der Waals surface area contributed by atoms with Crippen LogP contribution in [-0.4, -0.2) is 67.9 Å². The molecule has 1 N–H and O–H groups in total. The average Bonchev–Trinajstić information content (AvgIpc) is 3.59. The third-order valence-electron chi connectivity index (χ3n) is 6.30. The zero-order chi connectivity index (χ0) is 25.2. The number of morpholine rings is 1. The van der Waals surface area contributed by atoms with Gasteiger partial charge in [-0.25, -0.2) is 15.0 Å². The molecule has 1 atom stereocenters. The minimum atomic E-state index is -0.656. The van der Waals surface area contributed by atoms with Crippen molar-refractivity contribution in [2.24, 2.45) is 0 Å². The van der Waals surface area contributed by atoms with Crippen molar-refractivity contribution in [2.75, 3.05) is 31.6 Å². The fraction of sp³-hybridized carbons (Fsp3) is 0.269. The standard InChI is InChI=1S/C26H25N7O3S/c1-17(26(34)32-7-9-35-10-8-32)36-23-4-2-3-21-24(23)25(28-15-27-21)31-19-5-6-22-18(11-19)12-30-33(22)13-20-14-37-16-29-20/h2-6,11-12,14-17H,7-10,13H2,1H3,(H,27,28,31)/t17-/m0/s1. The van der Waals surface area contributed by atoms with E-state index < -0.39 is 6.10 Å². The van der Waals surface area contributed by atoms with Gasteiger partial charge in [0.1, 0.15) is 17.9 Å². The van der Waals surface area contributed by atoms with E-state index >= 15 is 0 Å². The Hall–Kier alpha value is -4.09. The second kappa shape index (κ2) is 10.1. The molecule has 0 saturated carbocycles. The summed E-state index contributed by atoms with van der Waals surface area (Å²) in [4.78, 5) is 28.0. The zero-order valence-electron chi connectivity index (χ0n) is 20.2. The lowest BCUT2D eigenvalue weighted by Gasteiger charge is -2.29. The van der Waals surface area contributed by atoms with Crippen LogP contribution < -0.4 is 10.1 Å². The van der Waals surface area contributed by atoms with Gasteiger partial charge in [0, 0.05) is 29.5 Å². The number of anilines is 2. The van der Waals surface area contributed by atoms with Crippen LogP contribution in [0, 0.1) is 0 Å². The molecule has 0 aliphatic carbocycles. The van der Waals surface area contributed by atoms with E-state index in [0.29, 0.717) is 49.8 Å². The zero-order valence-corrected chi connectivity index (χ0v) is 21.0. The predicted octanol–water partition coefficient (Wildman–Crippen LogP) is 3.85. The van der Waals surface area contributed by atoms with Crippen molar-refractivity contribution < 1.29 is 14.3 Å². The molecule has 2 aromatic carbocycles. The largest absolute Gasteiger partial charge is 0.480 e. The summed E-state index contributed by atoms with van der Waals surface area (Å²) in [7, 11) is 0. The summed E-state index contributed by atoms with van der Waals surface area (Å²) < 4.78 is 13.5. The first-order valence-corrected chi connectivity index (χ1v) is 13.0. The van der Waals surface area contributed by atoms with E-state index in [0.717, 1.165) is 27.8 Å². The van der Waals surface area contributed by atoms with Crippen molar-refractivity contribution in [1.82, 2.24) is 29.6 Å². The van der Waals surface area contributed by atoms with Crippen LogP contribution >= 0.6 is 11.3 Å². The summed E-state index contributed by atoms with van der Waals surface area (Å²) in [6.45, 7) is 4.62. The Balaban J connectivity index is 1.27. The van der Waals surface area contributed by atoms with Crippen molar-refractivity contribution in [3.63, 3.8) is 0 Å². The monoisotopic (exact) mass is 515 g/mol. The van der Waals surface area contributed by atoms with E-state index in [-0.39, 0.29) is 5.91 Å². The number of carbonyl (C=O) groups is 1. The van der Waals surface area contributed by atoms with Crippen LogP contribution in [0.1, 0.15) is 12.6 Å². The lowest BCUT2D eigenvalue weighted by molar-refractivity contribution is -0.142. The number of nitrogens with one attached hydrogen (secondary N) is 1. The summed E-state index contributed by atoms with van der Waals surface area (Å²) in [5, 5.41) is 11.7. The van der Waals surface area contributed by atoms with Crippen molar-refractivity contribution in [3.8, 4) is 5.75 Å². The van der Waals surface area contributed by atoms with Gasteiger partial charge in [-0.1, -0.05) is 6.07 Å². The second-order valence-corrected chi connectivity index (χ2v) is 9.47. The maximum absolute atomic E-state index is 12.9. The second-order valence-electron chi connectivity index (χ2n) is 8.75. The van der Waals surface area contributed by atoms with Crippen molar-refractivity contribution in [2.45, 2.75) is 19.6 Å². The number of thiazole rings is 1. The molecule has 1 aliphatic heterocycles. The van der Waals surface area contributed by atoms with Gasteiger partial charge in [-0.05, 0) is 37.3 Å². The molecule has 188 valence electrons. The van der Waals surface area contributed by atoms with Gasteiger partial charge in [-0.2, -0.15) is 5.10 Å². The topological polar surface area (TPSA) is 107 Å². The van der Waals surface area contributed by atoms with Gasteiger partial charge in [0.15, 0.2) is 6.10 Å². The average molecular weight is 516 g/mol. The Morgan fingerprint density at radius 1 is 1.19 bits per heavy atom. The van der Waals surface area contributed by atoms with E-state index in [4.69, 9.17) is 9.47 Å². The molecule has 0 bridgehead atoms. The van der Waals surface area contributed by atoms with Crippen LogP contribution in [0.3, 0.4) is 0 Å². The molecule has 3 aromatic heterocycles. The van der Waals surface area contributed by atoms with Gasteiger partial charge >= 0.3 is 0 Å². The fourth-order valence-corrected chi connectivity index (χ4v) is 5.00. The molecule has 1 saturated heterocycles. The summed E-state index contributed by atoms with van der Waals surface area (Å²) in [6, 6.07) is 11.6. The first-order chi connectivity index (χ1) is 18.2. The van der Waals surface area contributed by atoms with Crippen molar-refractivity contribution in [1.29, 1.82) is 0 Å². The quantitative estimate of drug-likeness (QED) is 0.348. The molecule has 5 aromatic rings. The summed E-state index contributed by atoms with van der Waals surface area (Å²) in [5.74, 6) is 1.08. The van der Waals surface area contributed by atoms with E-state index in [2.05, 4.69) is 25.4 Å². The maximum atomic E-state index is 12.9. The van der Waals surface area contributed by atoms with Gasteiger partial charge in [-0.15, -0.1) is 11.3 Å².